The third kappa shape index (κ3) is 3.87. The molecule has 0 aromatic heterocycles. The quantitative estimate of drug-likeness (QED) is 0.684. The number of nitrogens with zero attached hydrogens (tertiary/aromatic N) is 1. The highest BCUT2D eigenvalue weighted by molar-refractivity contribution is 9.10. The number of halogens is 2. The zero-order valence-electron chi connectivity index (χ0n) is 13.0. The van der Waals surface area contributed by atoms with E-state index in [1.54, 1.807) is 24.3 Å². The van der Waals surface area contributed by atoms with Gasteiger partial charge >= 0.3 is 0 Å². The van der Waals surface area contributed by atoms with Crippen molar-refractivity contribution in [2.75, 3.05) is 13.1 Å². The van der Waals surface area contributed by atoms with Crippen LogP contribution in [0.1, 0.15) is 33.6 Å². The topological polar surface area (TPSA) is 37.4 Å². The van der Waals surface area contributed by atoms with E-state index in [0.717, 1.165) is 4.47 Å². The molecular weight excluding hydrogens is 390 g/mol. The van der Waals surface area contributed by atoms with Gasteiger partial charge < -0.3 is 4.90 Å². The number of rotatable bonds is 3. The SMILES string of the molecule is O=C(c1ccc(Cl)cc1)C1CCN(C(=O)c2ccc(Br)cc2)CC1. The maximum Gasteiger partial charge on any atom is 0.253 e. The van der Waals surface area contributed by atoms with Gasteiger partial charge in [0.25, 0.3) is 5.91 Å². The van der Waals surface area contributed by atoms with Gasteiger partial charge in [-0.3, -0.25) is 9.59 Å². The normalized spacial score (nSPS) is 15.3. The molecular formula is C19H17BrClNO2. The minimum Gasteiger partial charge on any atom is -0.339 e. The number of carbonyl (C=O) groups is 2. The first-order valence-electron chi connectivity index (χ1n) is 7.89. The number of piperidine rings is 1. The molecule has 1 aliphatic heterocycles. The Balaban J connectivity index is 1.61. The highest BCUT2D eigenvalue weighted by Crippen LogP contribution is 2.24. The third-order valence-corrected chi connectivity index (χ3v) is 5.15. The van der Waals surface area contributed by atoms with Crippen LogP contribution in [0.3, 0.4) is 0 Å². The fourth-order valence-electron chi connectivity index (χ4n) is 2.97. The van der Waals surface area contributed by atoms with Gasteiger partial charge in [-0.05, 0) is 61.4 Å². The maximum atomic E-state index is 12.5. The molecule has 1 amide bonds. The van der Waals surface area contributed by atoms with Crippen molar-refractivity contribution in [2.45, 2.75) is 12.8 Å². The summed E-state index contributed by atoms with van der Waals surface area (Å²) in [5, 5.41) is 0.626. The van der Waals surface area contributed by atoms with E-state index in [-0.39, 0.29) is 17.6 Å². The van der Waals surface area contributed by atoms with Crippen LogP contribution in [-0.2, 0) is 0 Å². The first kappa shape index (κ1) is 17.2. The van der Waals surface area contributed by atoms with Gasteiger partial charge in [-0.15, -0.1) is 0 Å². The number of hydrogen-bond acceptors (Lipinski definition) is 2. The lowest BCUT2D eigenvalue weighted by molar-refractivity contribution is 0.0650. The van der Waals surface area contributed by atoms with Crippen molar-refractivity contribution in [3.8, 4) is 0 Å². The molecule has 0 saturated carbocycles. The Morgan fingerprint density at radius 3 is 2.04 bits per heavy atom. The molecule has 1 fully saturated rings. The van der Waals surface area contributed by atoms with Gasteiger partial charge in [0, 0.05) is 39.6 Å². The largest absolute Gasteiger partial charge is 0.339 e. The average molecular weight is 407 g/mol. The van der Waals surface area contributed by atoms with Crippen molar-refractivity contribution < 1.29 is 9.59 Å². The average Bonchev–Trinajstić information content (AvgIpc) is 2.62. The number of Topliss-reactive ketones (excluding diaryl/α,β-unsaturated/α-hetero) is 1. The molecule has 1 heterocycles. The van der Waals surface area contributed by atoms with Crippen LogP contribution in [0.2, 0.25) is 5.02 Å². The summed E-state index contributed by atoms with van der Waals surface area (Å²) in [4.78, 5) is 26.9. The lowest BCUT2D eigenvalue weighted by Crippen LogP contribution is -2.40. The molecule has 0 N–H and O–H groups in total. The predicted octanol–water partition coefficient (Wildman–Crippen LogP) is 4.84. The highest BCUT2D eigenvalue weighted by Gasteiger charge is 2.28. The van der Waals surface area contributed by atoms with E-state index >= 15 is 0 Å². The van der Waals surface area contributed by atoms with Crippen molar-refractivity contribution in [1.82, 2.24) is 4.90 Å². The number of benzene rings is 2. The Morgan fingerprint density at radius 1 is 0.917 bits per heavy atom. The van der Waals surface area contributed by atoms with Gasteiger partial charge in [-0.1, -0.05) is 27.5 Å². The van der Waals surface area contributed by atoms with Crippen LogP contribution in [0.4, 0.5) is 0 Å². The highest BCUT2D eigenvalue weighted by atomic mass is 79.9. The fourth-order valence-corrected chi connectivity index (χ4v) is 3.36. The second-order valence-corrected chi connectivity index (χ2v) is 7.30. The van der Waals surface area contributed by atoms with Crippen molar-refractivity contribution in [1.29, 1.82) is 0 Å². The molecule has 0 radical (unpaired) electrons. The summed E-state index contributed by atoms with van der Waals surface area (Å²) in [6, 6.07) is 14.4. The molecule has 5 heteroatoms. The summed E-state index contributed by atoms with van der Waals surface area (Å²) in [6.45, 7) is 1.22. The molecule has 0 bridgehead atoms. The summed E-state index contributed by atoms with van der Waals surface area (Å²) in [7, 11) is 0. The van der Waals surface area contributed by atoms with Crippen LogP contribution in [-0.4, -0.2) is 29.7 Å². The first-order valence-corrected chi connectivity index (χ1v) is 9.06. The molecule has 1 aliphatic rings. The smallest absolute Gasteiger partial charge is 0.253 e. The Bertz CT molecular complexity index is 669. The summed E-state index contributed by atoms with van der Waals surface area (Å²) >= 11 is 9.24. The monoisotopic (exact) mass is 405 g/mol. The van der Waals surface area contributed by atoms with E-state index < -0.39 is 0 Å². The van der Waals surface area contributed by atoms with Crippen LogP contribution in [0.5, 0.6) is 0 Å². The first-order chi connectivity index (χ1) is 11.5. The third-order valence-electron chi connectivity index (χ3n) is 4.37. The van der Waals surface area contributed by atoms with Gasteiger partial charge in [0.05, 0.1) is 0 Å². The molecule has 3 rings (SSSR count). The van der Waals surface area contributed by atoms with E-state index in [9.17, 15) is 9.59 Å². The zero-order valence-corrected chi connectivity index (χ0v) is 15.4. The lowest BCUT2D eigenvalue weighted by Gasteiger charge is -2.31. The van der Waals surface area contributed by atoms with Crippen LogP contribution < -0.4 is 0 Å². The van der Waals surface area contributed by atoms with Gasteiger partial charge in [-0.2, -0.15) is 0 Å². The molecule has 3 nitrogen and oxygen atoms in total. The van der Waals surface area contributed by atoms with Gasteiger partial charge in [-0.25, -0.2) is 0 Å². The van der Waals surface area contributed by atoms with Crippen molar-refractivity contribution >= 4 is 39.2 Å². The van der Waals surface area contributed by atoms with E-state index in [2.05, 4.69) is 15.9 Å². The number of hydrogen-bond donors (Lipinski definition) is 0. The van der Waals surface area contributed by atoms with E-state index in [0.29, 0.717) is 42.1 Å². The van der Waals surface area contributed by atoms with Gasteiger partial charge in [0.1, 0.15) is 0 Å². The Labute approximate surface area is 154 Å². The van der Waals surface area contributed by atoms with E-state index in [4.69, 9.17) is 11.6 Å². The summed E-state index contributed by atoms with van der Waals surface area (Å²) in [5.41, 5.74) is 1.37. The van der Waals surface area contributed by atoms with E-state index in [1.165, 1.54) is 0 Å². The molecule has 2 aromatic rings. The van der Waals surface area contributed by atoms with E-state index in [1.807, 2.05) is 29.2 Å². The Morgan fingerprint density at radius 2 is 1.46 bits per heavy atom. The van der Waals surface area contributed by atoms with Crippen LogP contribution in [0, 0.1) is 5.92 Å². The molecule has 1 saturated heterocycles. The number of ketones is 1. The Kier molecular flexibility index (Phi) is 5.36. The summed E-state index contributed by atoms with van der Waals surface area (Å²) in [6.07, 6.45) is 1.40. The second kappa shape index (κ2) is 7.49. The summed E-state index contributed by atoms with van der Waals surface area (Å²) in [5.74, 6) is 0.141. The zero-order chi connectivity index (χ0) is 17.1. The molecule has 0 spiro atoms. The van der Waals surface area contributed by atoms with Crippen molar-refractivity contribution in [2.24, 2.45) is 5.92 Å². The molecule has 0 unspecified atom stereocenters. The predicted molar refractivity (Wildman–Crippen MR) is 98.6 cm³/mol. The van der Waals surface area contributed by atoms with Crippen LogP contribution in [0.15, 0.2) is 53.0 Å². The van der Waals surface area contributed by atoms with Gasteiger partial charge in [0.15, 0.2) is 5.78 Å². The molecule has 24 heavy (non-hydrogen) atoms. The lowest BCUT2D eigenvalue weighted by atomic mass is 9.88. The standard InChI is InChI=1S/C19H17BrClNO2/c20-16-5-1-15(2-6-16)19(24)22-11-9-14(10-12-22)18(23)13-3-7-17(21)8-4-13/h1-8,14H,9-12H2. The van der Waals surface area contributed by atoms with Crippen molar-refractivity contribution in [3.05, 3.63) is 69.2 Å². The fraction of sp³-hybridized carbons (Fsp3) is 0.263. The minimum atomic E-state index is -0.0276. The second-order valence-electron chi connectivity index (χ2n) is 5.94. The number of likely N-dealkylation sites (tertiary alicyclic amines) is 1. The summed E-state index contributed by atoms with van der Waals surface area (Å²) < 4.78 is 0.950. The molecule has 2 aromatic carbocycles. The number of carbonyl (C=O) groups excluding carboxylic acids is 2. The number of amides is 1. The molecule has 0 aliphatic carbocycles. The Hall–Kier alpha value is -1.65. The molecule has 124 valence electrons. The molecule has 0 atom stereocenters. The van der Waals surface area contributed by atoms with Crippen LogP contribution in [0.25, 0.3) is 0 Å². The maximum absolute atomic E-state index is 12.5. The van der Waals surface area contributed by atoms with Crippen molar-refractivity contribution in [3.63, 3.8) is 0 Å². The van der Waals surface area contributed by atoms with Crippen LogP contribution >= 0.6 is 27.5 Å². The minimum absolute atomic E-state index is 0.0276. The van der Waals surface area contributed by atoms with Gasteiger partial charge in [0.2, 0.25) is 0 Å².